The van der Waals surface area contributed by atoms with Crippen molar-refractivity contribution in [3.8, 4) is 11.5 Å². The molecule has 1 amide bonds. The summed E-state index contributed by atoms with van der Waals surface area (Å²) in [5, 5.41) is 7.99. The van der Waals surface area contributed by atoms with Crippen molar-refractivity contribution in [1.82, 2.24) is 14.8 Å². The van der Waals surface area contributed by atoms with E-state index in [9.17, 15) is 4.79 Å². The summed E-state index contributed by atoms with van der Waals surface area (Å²) < 4.78 is 12.9. The first-order valence-corrected chi connectivity index (χ1v) is 8.56. The Balaban J connectivity index is 1.64. The molecule has 0 atom stereocenters. The topological polar surface area (TPSA) is 78.3 Å². The molecular weight excluding hydrogens is 332 g/mol. The van der Waals surface area contributed by atoms with E-state index >= 15 is 0 Å². The van der Waals surface area contributed by atoms with Crippen LogP contribution < -0.4 is 14.8 Å². The maximum Gasteiger partial charge on any atom is 0.262 e. The standard InChI is InChI=1S/C19H22N4O3/c1-4-25-16-7-5-6-8-17(16)26-12-18(24)22-15-9-14-10-21-23(13(2)3)19(14)20-11-15/h5-11,13H,4,12H2,1-3H3,(H,22,24). The van der Waals surface area contributed by atoms with Crippen molar-refractivity contribution in [2.45, 2.75) is 26.8 Å². The SMILES string of the molecule is CCOc1ccccc1OCC(=O)Nc1cnc2c(cnn2C(C)C)c1. The van der Waals surface area contributed by atoms with Crippen molar-refractivity contribution in [1.29, 1.82) is 0 Å². The molecule has 3 aromatic rings. The first-order chi connectivity index (χ1) is 12.6. The van der Waals surface area contributed by atoms with E-state index in [1.165, 1.54) is 0 Å². The van der Waals surface area contributed by atoms with Gasteiger partial charge in [0, 0.05) is 11.4 Å². The minimum Gasteiger partial charge on any atom is -0.490 e. The van der Waals surface area contributed by atoms with Gasteiger partial charge in [-0.3, -0.25) is 4.79 Å². The van der Waals surface area contributed by atoms with E-state index in [0.29, 0.717) is 23.8 Å². The van der Waals surface area contributed by atoms with E-state index in [-0.39, 0.29) is 18.6 Å². The second-order valence-corrected chi connectivity index (χ2v) is 6.04. The fourth-order valence-corrected chi connectivity index (χ4v) is 2.57. The molecule has 0 fully saturated rings. The molecule has 0 unspecified atom stereocenters. The van der Waals surface area contributed by atoms with Crippen LogP contribution >= 0.6 is 0 Å². The van der Waals surface area contributed by atoms with Gasteiger partial charge in [0.25, 0.3) is 5.91 Å². The molecule has 0 bridgehead atoms. The largest absolute Gasteiger partial charge is 0.490 e. The highest BCUT2D eigenvalue weighted by Crippen LogP contribution is 2.26. The minimum atomic E-state index is -0.270. The highest BCUT2D eigenvalue weighted by molar-refractivity contribution is 5.93. The van der Waals surface area contributed by atoms with Crippen LogP contribution in [0, 0.1) is 0 Å². The summed E-state index contributed by atoms with van der Waals surface area (Å²) in [4.78, 5) is 16.6. The fraction of sp³-hybridized carbons (Fsp3) is 0.316. The Morgan fingerprint density at radius 1 is 1.19 bits per heavy atom. The maximum atomic E-state index is 12.2. The van der Waals surface area contributed by atoms with Crippen molar-refractivity contribution in [2.75, 3.05) is 18.5 Å². The van der Waals surface area contributed by atoms with E-state index < -0.39 is 0 Å². The van der Waals surface area contributed by atoms with Gasteiger partial charge in [-0.25, -0.2) is 9.67 Å². The Hall–Kier alpha value is -3.09. The molecule has 0 radical (unpaired) electrons. The molecule has 1 N–H and O–H groups in total. The minimum absolute atomic E-state index is 0.118. The Morgan fingerprint density at radius 3 is 2.62 bits per heavy atom. The highest BCUT2D eigenvalue weighted by atomic mass is 16.5. The molecule has 1 aromatic carbocycles. The van der Waals surface area contributed by atoms with Gasteiger partial charge >= 0.3 is 0 Å². The first kappa shape index (κ1) is 17.7. The van der Waals surface area contributed by atoms with Crippen molar-refractivity contribution >= 4 is 22.6 Å². The number of amides is 1. The fourth-order valence-electron chi connectivity index (χ4n) is 2.57. The second-order valence-electron chi connectivity index (χ2n) is 6.04. The summed E-state index contributed by atoms with van der Waals surface area (Å²) in [6, 6.07) is 9.34. The van der Waals surface area contributed by atoms with Gasteiger partial charge in [0.1, 0.15) is 0 Å². The first-order valence-electron chi connectivity index (χ1n) is 8.56. The van der Waals surface area contributed by atoms with Crippen molar-refractivity contribution in [3.63, 3.8) is 0 Å². The molecule has 0 aliphatic rings. The van der Waals surface area contributed by atoms with Crippen LogP contribution in [0.4, 0.5) is 5.69 Å². The Morgan fingerprint density at radius 2 is 1.92 bits per heavy atom. The van der Waals surface area contributed by atoms with Gasteiger partial charge in [-0.1, -0.05) is 12.1 Å². The van der Waals surface area contributed by atoms with Crippen molar-refractivity contribution < 1.29 is 14.3 Å². The van der Waals surface area contributed by atoms with Crippen LogP contribution in [0.15, 0.2) is 42.7 Å². The van der Waals surface area contributed by atoms with Gasteiger partial charge in [0.15, 0.2) is 23.8 Å². The van der Waals surface area contributed by atoms with Crippen molar-refractivity contribution in [2.24, 2.45) is 0 Å². The number of nitrogens with zero attached hydrogens (tertiary/aromatic N) is 3. The van der Waals surface area contributed by atoms with Gasteiger partial charge in [-0.2, -0.15) is 5.10 Å². The van der Waals surface area contributed by atoms with Gasteiger partial charge < -0.3 is 14.8 Å². The van der Waals surface area contributed by atoms with E-state index in [4.69, 9.17) is 9.47 Å². The number of hydrogen-bond donors (Lipinski definition) is 1. The van der Waals surface area contributed by atoms with Crippen LogP contribution in [-0.2, 0) is 4.79 Å². The summed E-state index contributed by atoms with van der Waals surface area (Å²) in [5.41, 5.74) is 1.40. The smallest absolute Gasteiger partial charge is 0.262 e. The molecule has 0 aliphatic carbocycles. The third-order valence-electron chi connectivity index (χ3n) is 3.71. The second kappa shape index (κ2) is 7.86. The van der Waals surface area contributed by atoms with Gasteiger partial charge in [-0.05, 0) is 39.0 Å². The lowest BCUT2D eigenvalue weighted by Gasteiger charge is -2.11. The maximum absolute atomic E-state index is 12.2. The van der Waals surface area contributed by atoms with Crippen LogP contribution in [-0.4, -0.2) is 33.9 Å². The zero-order valence-electron chi connectivity index (χ0n) is 15.1. The lowest BCUT2D eigenvalue weighted by Crippen LogP contribution is -2.20. The number of ether oxygens (including phenoxy) is 2. The predicted octanol–water partition coefficient (Wildman–Crippen LogP) is 3.43. The third kappa shape index (κ3) is 3.93. The molecule has 26 heavy (non-hydrogen) atoms. The van der Waals surface area contributed by atoms with E-state index in [1.807, 2.05) is 43.7 Å². The molecule has 0 aliphatic heterocycles. The molecule has 0 saturated heterocycles. The summed E-state index contributed by atoms with van der Waals surface area (Å²) in [7, 11) is 0. The van der Waals surface area contributed by atoms with Crippen LogP contribution in [0.1, 0.15) is 26.8 Å². The molecule has 2 aromatic heterocycles. The number of hydrogen-bond acceptors (Lipinski definition) is 5. The molecule has 0 spiro atoms. The Kier molecular flexibility index (Phi) is 5.36. The lowest BCUT2D eigenvalue weighted by molar-refractivity contribution is -0.118. The van der Waals surface area contributed by atoms with Crippen LogP contribution in [0.2, 0.25) is 0 Å². The van der Waals surface area contributed by atoms with Gasteiger partial charge in [0.2, 0.25) is 0 Å². The number of rotatable bonds is 7. The molecule has 0 saturated carbocycles. The van der Waals surface area contributed by atoms with E-state index in [0.717, 1.165) is 11.0 Å². The van der Waals surface area contributed by atoms with Crippen LogP contribution in [0.25, 0.3) is 11.0 Å². The molecule has 2 heterocycles. The number of anilines is 1. The van der Waals surface area contributed by atoms with Crippen LogP contribution in [0.5, 0.6) is 11.5 Å². The van der Waals surface area contributed by atoms with Gasteiger partial charge in [0.05, 0.1) is 24.7 Å². The molecule has 3 rings (SSSR count). The van der Waals surface area contributed by atoms with Gasteiger partial charge in [-0.15, -0.1) is 0 Å². The number of carbonyl (C=O) groups excluding carboxylic acids is 1. The van der Waals surface area contributed by atoms with Crippen molar-refractivity contribution in [3.05, 3.63) is 42.7 Å². The Labute approximate surface area is 151 Å². The summed E-state index contributed by atoms with van der Waals surface area (Å²) in [6.07, 6.45) is 3.36. The average Bonchev–Trinajstić information content (AvgIpc) is 3.05. The number of para-hydroxylation sites is 2. The number of aromatic nitrogens is 3. The highest BCUT2D eigenvalue weighted by Gasteiger charge is 2.11. The van der Waals surface area contributed by atoms with E-state index in [2.05, 4.69) is 15.4 Å². The number of benzene rings is 1. The zero-order chi connectivity index (χ0) is 18.5. The summed E-state index contributed by atoms with van der Waals surface area (Å²) >= 11 is 0. The molecular formula is C19H22N4O3. The monoisotopic (exact) mass is 354 g/mol. The predicted molar refractivity (Wildman–Crippen MR) is 99.6 cm³/mol. The molecule has 7 nitrogen and oxygen atoms in total. The van der Waals surface area contributed by atoms with Crippen LogP contribution in [0.3, 0.4) is 0 Å². The zero-order valence-corrected chi connectivity index (χ0v) is 15.1. The quantitative estimate of drug-likeness (QED) is 0.703. The number of carbonyl (C=O) groups is 1. The Bertz CT molecular complexity index is 905. The number of nitrogens with one attached hydrogen (secondary N) is 1. The summed E-state index contributed by atoms with van der Waals surface area (Å²) in [5.74, 6) is 0.886. The number of pyridine rings is 1. The van der Waals surface area contributed by atoms with E-state index in [1.54, 1.807) is 24.5 Å². The molecule has 7 heteroatoms. The average molecular weight is 354 g/mol. The normalized spacial score (nSPS) is 10.9. The summed E-state index contributed by atoms with van der Waals surface area (Å²) in [6.45, 7) is 6.40. The lowest BCUT2D eigenvalue weighted by atomic mass is 10.3. The number of fused-ring (bicyclic) bond motifs is 1. The third-order valence-corrected chi connectivity index (χ3v) is 3.71. The molecule has 136 valence electrons.